The van der Waals surface area contributed by atoms with Gasteiger partial charge in [0.25, 0.3) is 5.91 Å². The summed E-state index contributed by atoms with van der Waals surface area (Å²) in [5.41, 5.74) is 0.906. The normalized spacial score (nSPS) is 11.9. The molecule has 0 radical (unpaired) electrons. The van der Waals surface area contributed by atoms with E-state index < -0.39 is 18.0 Å². The number of halogens is 1. The Labute approximate surface area is 146 Å². The fourth-order valence-corrected chi connectivity index (χ4v) is 3.01. The zero-order chi connectivity index (χ0) is 17.1. The first-order chi connectivity index (χ1) is 11.5. The number of para-hydroxylation sites is 1. The first kappa shape index (κ1) is 16.4. The van der Waals surface area contributed by atoms with Gasteiger partial charge in [-0.15, -0.1) is 0 Å². The van der Waals surface area contributed by atoms with Crippen LogP contribution in [0.1, 0.15) is 17.3 Å². The number of nitrogens with zero attached hydrogens (tertiary/aromatic N) is 2. The van der Waals surface area contributed by atoms with Crippen molar-refractivity contribution in [1.82, 2.24) is 9.97 Å². The van der Waals surface area contributed by atoms with Crippen molar-refractivity contribution in [3.05, 3.63) is 53.3 Å². The molecule has 1 amide bonds. The van der Waals surface area contributed by atoms with Gasteiger partial charge in [0.15, 0.2) is 11.2 Å². The fourth-order valence-electron chi connectivity index (χ4n) is 1.95. The minimum absolute atomic E-state index is 0.0290. The van der Waals surface area contributed by atoms with Gasteiger partial charge < -0.3 is 4.74 Å². The molecule has 2 heterocycles. The maximum Gasteiger partial charge on any atom is 0.342 e. The Morgan fingerprint density at radius 3 is 2.79 bits per heavy atom. The Morgan fingerprint density at radius 2 is 2.04 bits per heavy atom. The Hall–Kier alpha value is -2.51. The third kappa shape index (κ3) is 3.52. The molecule has 24 heavy (non-hydrogen) atoms. The van der Waals surface area contributed by atoms with E-state index in [1.165, 1.54) is 30.5 Å². The third-order valence-electron chi connectivity index (χ3n) is 3.16. The maximum absolute atomic E-state index is 12.2. The van der Waals surface area contributed by atoms with Gasteiger partial charge in [-0.25, -0.2) is 14.8 Å². The minimum Gasteiger partial charge on any atom is -0.449 e. The van der Waals surface area contributed by atoms with Gasteiger partial charge in [0.05, 0.1) is 15.8 Å². The summed E-state index contributed by atoms with van der Waals surface area (Å²) in [5, 5.41) is 3.12. The predicted molar refractivity (Wildman–Crippen MR) is 92.4 cm³/mol. The monoisotopic (exact) mass is 361 g/mol. The molecule has 2 aromatic heterocycles. The van der Waals surface area contributed by atoms with E-state index in [4.69, 9.17) is 16.3 Å². The molecule has 122 valence electrons. The Balaban J connectivity index is 1.66. The number of hydrogen-bond acceptors (Lipinski definition) is 6. The number of benzene rings is 1. The summed E-state index contributed by atoms with van der Waals surface area (Å²) in [6, 6.07) is 10.6. The number of rotatable bonds is 4. The van der Waals surface area contributed by atoms with Crippen LogP contribution in [0.5, 0.6) is 0 Å². The summed E-state index contributed by atoms with van der Waals surface area (Å²) in [5.74, 6) is -1.18. The highest BCUT2D eigenvalue weighted by molar-refractivity contribution is 7.22. The first-order valence-corrected chi connectivity index (χ1v) is 8.22. The van der Waals surface area contributed by atoms with Crippen LogP contribution < -0.4 is 5.32 Å². The number of aromatic nitrogens is 2. The molecule has 0 saturated heterocycles. The van der Waals surface area contributed by atoms with Crippen LogP contribution in [0.3, 0.4) is 0 Å². The number of fused-ring (bicyclic) bond motifs is 1. The zero-order valence-electron chi connectivity index (χ0n) is 12.5. The van der Waals surface area contributed by atoms with E-state index in [1.807, 2.05) is 24.3 Å². The maximum atomic E-state index is 12.2. The number of pyridine rings is 1. The number of carbonyl (C=O) groups excluding carboxylic acids is 2. The van der Waals surface area contributed by atoms with Gasteiger partial charge in [0, 0.05) is 6.20 Å². The molecule has 0 fully saturated rings. The lowest BCUT2D eigenvalue weighted by molar-refractivity contribution is -0.123. The van der Waals surface area contributed by atoms with Crippen molar-refractivity contribution < 1.29 is 14.3 Å². The summed E-state index contributed by atoms with van der Waals surface area (Å²) in [7, 11) is 0. The van der Waals surface area contributed by atoms with Gasteiger partial charge in [0.2, 0.25) is 0 Å². The van der Waals surface area contributed by atoms with Gasteiger partial charge >= 0.3 is 5.97 Å². The molecule has 8 heteroatoms. The van der Waals surface area contributed by atoms with Crippen molar-refractivity contribution in [2.24, 2.45) is 0 Å². The van der Waals surface area contributed by atoms with Gasteiger partial charge in [-0.2, -0.15) is 0 Å². The average Bonchev–Trinajstić information content (AvgIpc) is 2.97. The molecule has 0 bridgehead atoms. The van der Waals surface area contributed by atoms with Crippen LogP contribution in [0.4, 0.5) is 5.13 Å². The quantitative estimate of drug-likeness (QED) is 0.568. The lowest BCUT2D eigenvalue weighted by Crippen LogP contribution is -2.30. The Morgan fingerprint density at radius 1 is 1.25 bits per heavy atom. The second-order valence-corrected chi connectivity index (χ2v) is 6.25. The zero-order valence-corrected chi connectivity index (χ0v) is 14.1. The van der Waals surface area contributed by atoms with Gasteiger partial charge in [-0.3, -0.25) is 10.1 Å². The molecule has 3 rings (SSSR count). The van der Waals surface area contributed by atoms with Crippen LogP contribution >= 0.6 is 22.9 Å². The largest absolute Gasteiger partial charge is 0.449 e. The number of ether oxygens (including phenoxy) is 1. The van der Waals surface area contributed by atoms with Crippen LogP contribution in [0.15, 0.2) is 42.6 Å². The van der Waals surface area contributed by atoms with Crippen LogP contribution in [0.25, 0.3) is 10.2 Å². The van der Waals surface area contributed by atoms with Crippen molar-refractivity contribution in [2.45, 2.75) is 13.0 Å². The average molecular weight is 362 g/mol. The van der Waals surface area contributed by atoms with Crippen molar-refractivity contribution >= 4 is 50.2 Å². The molecule has 0 aliphatic heterocycles. The summed E-state index contributed by atoms with van der Waals surface area (Å²) in [6.07, 6.45) is 0.461. The third-order valence-corrected chi connectivity index (χ3v) is 4.41. The highest BCUT2D eigenvalue weighted by Gasteiger charge is 2.21. The van der Waals surface area contributed by atoms with Crippen molar-refractivity contribution in [2.75, 3.05) is 5.32 Å². The van der Waals surface area contributed by atoms with Crippen LogP contribution in [0.2, 0.25) is 5.15 Å². The number of nitrogens with one attached hydrogen (secondary N) is 1. The van der Waals surface area contributed by atoms with E-state index in [9.17, 15) is 9.59 Å². The molecule has 3 aromatic rings. The molecule has 0 saturated carbocycles. The van der Waals surface area contributed by atoms with E-state index in [-0.39, 0.29) is 10.7 Å². The van der Waals surface area contributed by atoms with Gasteiger partial charge in [-0.05, 0) is 31.2 Å². The molecular weight excluding hydrogens is 350 g/mol. The van der Waals surface area contributed by atoms with Gasteiger partial charge in [0.1, 0.15) is 5.15 Å². The molecule has 0 aliphatic rings. The SMILES string of the molecule is CC(OC(=O)c1cccnc1Cl)C(=O)Nc1nc2ccccc2s1. The van der Waals surface area contributed by atoms with E-state index in [0.29, 0.717) is 5.13 Å². The number of hydrogen-bond donors (Lipinski definition) is 1. The van der Waals surface area contributed by atoms with Crippen molar-refractivity contribution in [1.29, 1.82) is 0 Å². The van der Waals surface area contributed by atoms with E-state index in [0.717, 1.165) is 10.2 Å². The van der Waals surface area contributed by atoms with E-state index in [1.54, 1.807) is 6.07 Å². The number of thiazole rings is 1. The summed E-state index contributed by atoms with van der Waals surface area (Å²) < 4.78 is 6.08. The number of carbonyl (C=O) groups is 2. The van der Waals surface area contributed by atoms with Crippen LogP contribution in [-0.2, 0) is 9.53 Å². The first-order valence-electron chi connectivity index (χ1n) is 7.02. The second-order valence-electron chi connectivity index (χ2n) is 4.87. The van der Waals surface area contributed by atoms with Gasteiger partial charge in [-0.1, -0.05) is 35.1 Å². The standard InChI is InChI=1S/C16H12ClN3O3S/c1-9(23-15(22)10-5-4-8-18-13(10)17)14(21)20-16-19-11-6-2-3-7-12(11)24-16/h2-9H,1H3,(H,19,20,21). The molecule has 1 unspecified atom stereocenters. The summed E-state index contributed by atoms with van der Waals surface area (Å²) in [6.45, 7) is 1.48. The molecule has 1 atom stereocenters. The number of amides is 1. The smallest absolute Gasteiger partial charge is 0.342 e. The summed E-state index contributed by atoms with van der Waals surface area (Å²) in [4.78, 5) is 32.3. The predicted octanol–water partition coefficient (Wildman–Crippen LogP) is 3.53. The molecule has 1 aromatic carbocycles. The topological polar surface area (TPSA) is 81.2 Å². The Bertz CT molecular complexity index is 879. The highest BCUT2D eigenvalue weighted by Crippen LogP contribution is 2.25. The molecule has 0 aliphatic carbocycles. The fraction of sp³-hybridized carbons (Fsp3) is 0.125. The van der Waals surface area contributed by atoms with Crippen molar-refractivity contribution in [3.63, 3.8) is 0 Å². The lowest BCUT2D eigenvalue weighted by atomic mass is 10.3. The molecule has 1 N–H and O–H groups in total. The number of anilines is 1. The van der Waals surface area contributed by atoms with Crippen LogP contribution in [0, 0.1) is 0 Å². The van der Waals surface area contributed by atoms with Crippen LogP contribution in [-0.4, -0.2) is 27.9 Å². The number of esters is 1. The molecular formula is C16H12ClN3O3S. The summed E-state index contributed by atoms with van der Waals surface area (Å²) >= 11 is 7.18. The minimum atomic E-state index is -0.999. The molecule has 0 spiro atoms. The van der Waals surface area contributed by atoms with Crippen molar-refractivity contribution in [3.8, 4) is 0 Å². The lowest BCUT2D eigenvalue weighted by Gasteiger charge is -2.12. The molecule has 6 nitrogen and oxygen atoms in total. The van der Waals surface area contributed by atoms with E-state index >= 15 is 0 Å². The van der Waals surface area contributed by atoms with E-state index in [2.05, 4.69) is 15.3 Å². The second kappa shape index (κ2) is 6.94. The Kier molecular flexibility index (Phi) is 4.73. The highest BCUT2D eigenvalue weighted by atomic mass is 35.5.